The van der Waals surface area contributed by atoms with E-state index in [1.54, 1.807) is 0 Å². The monoisotopic (exact) mass is 314 g/mol. The normalized spacial score (nSPS) is 14.7. The van der Waals surface area contributed by atoms with E-state index >= 15 is 0 Å². The molecule has 0 fully saturated rings. The van der Waals surface area contributed by atoms with E-state index < -0.39 is 0 Å². The van der Waals surface area contributed by atoms with E-state index in [0.29, 0.717) is 11.0 Å². The largest absolute Gasteiger partial charge is 0.491 e. The standard InChI is InChI=1S/C13H12Cl2N2OS/c14-8-11-12(15)16-13(19-11)17-6-3-7-18-10-5-2-1-4-9(10)17/h1-2,4-5H,3,6-8H2. The maximum Gasteiger partial charge on any atom is 0.191 e. The van der Waals surface area contributed by atoms with Crippen molar-refractivity contribution >= 4 is 45.4 Å². The molecule has 1 aromatic heterocycles. The second-order valence-corrected chi connectivity index (χ2v) is 5.85. The molecule has 100 valence electrons. The van der Waals surface area contributed by atoms with Gasteiger partial charge in [0.1, 0.15) is 10.9 Å². The Morgan fingerprint density at radius 2 is 2.21 bits per heavy atom. The number of fused-ring (bicyclic) bond motifs is 1. The van der Waals surface area contributed by atoms with E-state index in [9.17, 15) is 0 Å². The number of ether oxygens (including phenoxy) is 1. The van der Waals surface area contributed by atoms with Crippen LogP contribution in [0.15, 0.2) is 24.3 Å². The van der Waals surface area contributed by atoms with Crippen molar-refractivity contribution in [2.24, 2.45) is 0 Å². The van der Waals surface area contributed by atoms with E-state index in [1.807, 2.05) is 24.3 Å². The highest BCUT2D eigenvalue weighted by molar-refractivity contribution is 7.16. The number of thiazole rings is 1. The maximum atomic E-state index is 6.09. The van der Waals surface area contributed by atoms with Crippen LogP contribution in [-0.4, -0.2) is 18.1 Å². The van der Waals surface area contributed by atoms with Crippen LogP contribution in [0.2, 0.25) is 5.15 Å². The summed E-state index contributed by atoms with van der Waals surface area (Å²) in [7, 11) is 0. The van der Waals surface area contributed by atoms with Crippen molar-refractivity contribution in [1.29, 1.82) is 0 Å². The zero-order valence-electron chi connectivity index (χ0n) is 10.1. The van der Waals surface area contributed by atoms with Crippen LogP contribution in [0.25, 0.3) is 0 Å². The van der Waals surface area contributed by atoms with Gasteiger partial charge in [0.05, 0.1) is 23.1 Å². The molecule has 0 aliphatic carbocycles. The molecule has 0 unspecified atom stereocenters. The van der Waals surface area contributed by atoms with Gasteiger partial charge in [-0.25, -0.2) is 4.98 Å². The molecule has 0 radical (unpaired) electrons. The molecule has 2 heterocycles. The first kappa shape index (κ1) is 13.0. The molecule has 1 aliphatic heterocycles. The van der Waals surface area contributed by atoms with Crippen LogP contribution in [0, 0.1) is 0 Å². The zero-order valence-corrected chi connectivity index (χ0v) is 12.4. The van der Waals surface area contributed by atoms with Crippen molar-refractivity contribution in [3.05, 3.63) is 34.3 Å². The number of para-hydroxylation sites is 2. The van der Waals surface area contributed by atoms with E-state index in [0.717, 1.165) is 41.0 Å². The lowest BCUT2D eigenvalue weighted by Gasteiger charge is -2.20. The summed E-state index contributed by atoms with van der Waals surface area (Å²) in [5.41, 5.74) is 1.03. The highest BCUT2D eigenvalue weighted by Crippen LogP contribution is 2.39. The Kier molecular flexibility index (Phi) is 3.82. The summed E-state index contributed by atoms with van der Waals surface area (Å²) in [6.45, 7) is 1.58. The predicted octanol–water partition coefficient (Wildman–Crippen LogP) is 4.46. The molecule has 0 spiro atoms. The molecule has 0 saturated heterocycles. The average Bonchev–Trinajstić information content (AvgIpc) is 2.68. The molecule has 19 heavy (non-hydrogen) atoms. The summed E-state index contributed by atoms with van der Waals surface area (Å²) in [5, 5.41) is 1.37. The number of aromatic nitrogens is 1. The highest BCUT2D eigenvalue weighted by Gasteiger charge is 2.21. The van der Waals surface area contributed by atoms with Gasteiger partial charge in [-0.1, -0.05) is 35.1 Å². The van der Waals surface area contributed by atoms with Crippen LogP contribution in [0.3, 0.4) is 0 Å². The van der Waals surface area contributed by atoms with Gasteiger partial charge >= 0.3 is 0 Å². The van der Waals surface area contributed by atoms with Crippen LogP contribution in [0.4, 0.5) is 10.8 Å². The highest BCUT2D eigenvalue weighted by atomic mass is 35.5. The second-order valence-electron chi connectivity index (χ2n) is 4.17. The molecule has 0 bridgehead atoms. The van der Waals surface area contributed by atoms with Crippen LogP contribution < -0.4 is 9.64 Å². The van der Waals surface area contributed by atoms with Crippen molar-refractivity contribution < 1.29 is 4.74 Å². The fraction of sp³-hybridized carbons (Fsp3) is 0.308. The third-order valence-corrected chi connectivity index (χ3v) is 4.86. The van der Waals surface area contributed by atoms with Crippen molar-refractivity contribution in [3.63, 3.8) is 0 Å². The van der Waals surface area contributed by atoms with Gasteiger partial charge in [-0.3, -0.25) is 0 Å². The number of alkyl halides is 1. The average molecular weight is 315 g/mol. The molecule has 2 aromatic rings. The fourth-order valence-electron chi connectivity index (χ4n) is 2.05. The summed E-state index contributed by atoms with van der Waals surface area (Å²) in [4.78, 5) is 7.47. The summed E-state index contributed by atoms with van der Waals surface area (Å²) in [6.07, 6.45) is 0.947. The number of hydrogen-bond donors (Lipinski definition) is 0. The first-order valence-electron chi connectivity index (χ1n) is 6.00. The SMILES string of the molecule is ClCc1sc(N2CCCOc3ccccc32)nc1Cl. The van der Waals surface area contributed by atoms with E-state index in [-0.39, 0.29) is 0 Å². The smallest absolute Gasteiger partial charge is 0.191 e. The summed E-state index contributed by atoms with van der Waals surface area (Å²) < 4.78 is 5.74. The Bertz CT molecular complexity index is 588. The molecular formula is C13H12Cl2N2OS. The number of nitrogens with zero attached hydrogens (tertiary/aromatic N) is 2. The maximum absolute atomic E-state index is 6.09. The first-order chi connectivity index (χ1) is 9.29. The quantitative estimate of drug-likeness (QED) is 0.765. The first-order valence-corrected chi connectivity index (χ1v) is 7.73. The van der Waals surface area contributed by atoms with Gasteiger partial charge in [-0.05, 0) is 18.6 Å². The van der Waals surface area contributed by atoms with Gasteiger partial charge in [-0.2, -0.15) is 0 Å². The Hall–Kier alpha value is -0.970. The molecular weight excluding hydrogens is 303 g/mol. The summed E-state index contributed by atoms with van der Waals surface area (Å²) in [5.74, 6) is 1.28. The molecule has 1 aromatic carbocycles. The molecule has 3 nitrogen and oxygen atoms in total. The van der Waals surface area contributed by atoms with Crippen LogP contribution in [0.5, 0.6) is 5.75 Å². The van der Waals surface area contributed by atoms with E-state index in [4.69, 9.17) is 27.9 Å². The predicted molar refractivity (Wildman–Crippen MR) is 80.2 cm³/mol. The van der Waals surface area contributed by atoms with Crippen LogP contribution in [-0.2, 0) is 5.88 Å². The van der Waals surface area contributed by atoms with Gasteiger partial charge in [0.2, 0.25) is 0 Å². The summed E-state index contributed by atoms with van der Waals surface area (Å²) in [6, 6.07) is 7.99. The molecule has 6 heteroatoms. The number of anilines is 2. The van der Waals surface area contributed by atoms with Crippen LogP contribution in [0.1, 0.15) is 11.3 Å². The molecule has 3 rings (SSSR count). The van der Waals surface area contributed by atoms with Crippen molar-refractivity contribution in [3.8, 4) is 5.75 Å². The minimum atomic E-state index is 0.391. The zero-order chi connectivity index (χ0) is 13.2. The number of halogens is 2. The number of rotatable bonds is 2. The molecule has 0 N–H and O–H groups in total. The van der Waals surface area contributed by atoms with E-state index in [2.05, 4.69) is 9.88 Å². The fourth-order valence-corrected chi connectivity index (χ4v) is 3.56. The lowest BCUT2D eigenvalue weighted by Crippen LogP contribution is -2.17. The van der Waals surface area contributed by atoms with Gasteiger partial charge in [0.25, 0.3) is 0 Å². The third kappa shape index (κ3) is 2.53. The Balaban J connectivity index is 2.03. The lowest BCUT2D eigenvalue weighted by molar-refractivity contribution is 0.322. The molecule has 0 saturated carbocycles. The number of hydrogen-bond acceptors (Lipinski definition) is 4. The molecule has 0 amide bonds. The van der Waals surface area contributed by atoms with Gasteiger partial charge < -0.3 is 9.64 Å². The van der Waals surface area contributed by atoms with Crippen molar-refractivity contribution in [1.82, 2.24) is 4.98 Å². The van der Waals surface area contributed by atoms with E-state index in [1.165, 1.54) is 11.3 Å². The van der Waals surface area contributed by atoms with Crippen molar-refractivity contribution in [2.45, 2.75) is 12.3 Å². The lowest BCUT2D eigenvalue weighted by atomic mass is 10.2. The summed E-state index contributed by atoms with van der Waals surface area (Å²) >= 11 is 13.5. The van der Waals surface area contributed by atoms with Gasteiger partial charge in [0.15, 0.2) is 5.13 Å². The topological polar surface area (TPSA) is 25.4 Å². The number of benzene rings is 1. The van der Waals surface area contributed by atoms with Gasteiger partial charge in [-0.15, -0.1) is 11.6 Å². The Morgan fingerprint density at radius 1 is 1.37 bits per heavy atom. The Morgan fingerprint density at radius 3 is 3.00 bits per heavy atom. The Labute approximate surface area is 125 Å². The molecule has 1 aliphatic rings. The second kappa shape index (κ2) is 5.57. The van der Waals surface area contributed by atoms with Crippen LogP contribution >= 0.6 is 34.5 Å². The minimum Gasteiger partial charge on any atom is -0.491 e. The third-order valence-electron chi connectivity index (χ3n) is 2.93. The van der Waals surface area contributed by atoms with Gasteiger partial charge in [0, 0.05) is 6.54 Å². The van der Waals surface area contributed by atoms with Crippen molar-refractivity contribution in [2.75, 3.05) is 18.1 Å². The minimum absolute atomic E-state index is 0.391. The molecule has 0 atom stereocenters.